The third-order valence-corrected chi connectivity index (χ3v) is 4.06. The Morgan fingerprint density at radius 3 is 2.95 bits per heavy atom. The summed E-state index contributed by atoms with van der Waals surface area (Å²) in [6.45, 7) is 6.34. The molecule has 2 heterocycles. The van der Waals surface area contributed by atoms with Gasteiger partial charge in [0.1, 0.15) is 6.26 Å². The molecule has 20 heavy (non-hydrogen) atoms. The molecule has 1 aromatic rings. The highest BCUT2D eigenvalue weighted by Gasteiger charge is 2.29. The van der Waals surface area contributed by atoms with Crippen LogP contribution in [-0.2, 0) is 0 Å². The molecule has 0 aromatic carbocycles. The Bertz CT molecular complexity index is 461. The van der Waals surface area contributed by atoms with Crippen molar-refractivity contribution in [3.63, 3.8) is 0 Å². The van der Waals surface area contributed by atoms with E-state index in [9.17, 15) is 4.79 Å². The van der Waals surface area contributed by atoms with Crippen molar-refractivity contribution < 1.29 is 9.21 Å². The number of aromatic nitrogens is 1. The van der Waals surface area contributed by atoms with Crippen LogP contribution in [-0.4, -0.2) is 42.0 Å². The summed E-state index contributed by atoms with van der Waals surface area (Å²) in [5.41, 5.74) is 0.417. The minimum absolute atomic E-state index is 0.117. The zero-order valence-electron chi connectivity index (χ0n) is 12.1. The van der Waals surface area contributed by atoms with Gasteiger partial charge < -0.3 is 14.6 Å². The maximum absolute atomic E-state index is 12.0. The quantitative estimate of drug-likeness (QED) is 0.864. The van der Waals surface area contributed by atoms with Gasteiger partial charge in [-0.25, -0.2) is 4.98 Å². The van der Waals surface area contributed by atoms with Crippen molar-refractivity contribution in [3.8, 4) is 0 Å². The molecular formula is C15H23N3O2. The minimum Gasteiger partial charge on any atom is -0.448 e. The molecular weight excluding hydrogens is 254 g/mol. The van der Waals surface area contributed by atoms with Gasteiger partial charge in [-0.05, 0) is 44.7 Å². The predicted octanol–water partition coefficient (Wildman–Crippen LogP) is 2.01. The van der Waals surface area contributed by atoms with E-state index in [2.05, 4.69) is 22.1 Å². The standard InChI is InChI=1S/C15H23N3O2/c1-11(9-18-6-2-3-7-18)8-16-14(19)13-10-20-15(17-13)12-4-5-12/h10-12H,2-9H2,1H3,(H,16,19). The minimum atomic E-state index is -0.117. The lowest BCUT2D eigenvalue weighted by Crippen LogP contribution is -2.34. The SMILES string of the molecule is CC(CNC(=O)c1coc(C2CC2)n1)CN1CCCC1. The van der Waals surface area contributed by atoms with Gasteiger partial charge in [-0.3, -0.25) is 4.79 Å². The third kappa shape index (κ3) is 3.39. The van der Waals surface area contributed by atoms with Gasteiger partial charge in [-0.2, -0.15) is 0 Å². The van der Waals surface area contributed by atoms with Crippen molar-refractivity contribution in [1.82, 2.24) is 15.2 Å². The second-order valence-electron chi connectivity index (χ2n) is 6.17. The van der Waals surface area contributed by atoms with E-state index >= 15 is 0 Å². The number of amides is 1. The Hall–Kier alpha value is -1.36. The van der Waals surface area contributed by atoms with Crippen molar-refractivity contribution >= 4 is 5.91 Å². The normalized spacial score (nSPS) is 21.1. The number of likely N-dealkylation sites (tertiary alicyclic amines) is 1. The van der Waals surface area contributed by atoms with Crippen LogP contribution in [0.15, 0.2) is 10.7 Å². The van der Waals surface area contributed by atoms with E-state index in [0.717, 1.165) is 25.3 Å². The highest BCUT2D eigenvalue weighted by atomic mass is 16.3. The number of oxazole rings is 1. The first-order chi connectivity index (χ1) is 9.72. The van der Waals surface area contributed by atoms with Crippen LogP contribution in [0.1, 0.15) is 54.9 Å². The molecule has 1 atom stereocenters. The second kappa shape index (κ2) is 5.95. The van der Waals surface area contributed by atoms with E-state index in [1.165, 1.54) is 32.2 Å². The van der Waals surface area contributed by atoms with Crippen LogP contribution >= 0.6 is 0 Å². The first-order valence-electron chi connectivity index (χ1n) is 7.68. The average molecular weight is 277 g/mol. The fourth-order valence-electron chi connectivity index (χ4n) is 2.74. The molecule has 1 aliphatic heterocycles. The molecule has 1 N–H and O–H groups in total. The van der Waals surface area contributed by atoms with Crippen LogP contribution in [0.5, 0.6) is 0 Å². The van der Waals surface area contributed by atoms with Crippen LogP contribution in [0.2, 0.25) is 0 Å². The lowest BCUT2D eigenvalue weighted by Gasteiger charge is -2.20. The van der Waals surface area contributed by atoms with Crippen molar-refractivity contribution in [3.05, 3.63) is 17.8 Å². The summed E-state index contributed by atoms with van der Waals surface area (Å²) in [7, 11) is 0. The molecule has 0 spiro atoms. The van der Waals surface area contributed by atoms with E-state index in [1.807, 2.05) is 0 Å². The molecule has 5 heteroatoms. The van der Waals surface area contributed by atoms with Gasteiger partial charge in [0.15, 0.2) is 11.6 Å². The third-order valence-electron chi connectivity index (χ3n) is 4.06. The van der Waals surface area contributed by atoms with Crippen molar-refractivity contribution in [1.29, 1.82) is 0 Å². The Balaban J connectivity index is 1.43. The van der Waals surface area contributed by atoms with Crippen LogP contribution in [0.3, 0.4) is 0 Å². The topological polar surface area (TPSA) is 58.4 Å². The Labute approximate surface area is 119 Å². The number of hydrogen-bond donors (Lipinski definition) is 1. The molecule has 1 saturated carbocycles. The number of nitrogens with zero attached hydrogens (tertiary/aromatic N) is 2. The Kier molecular flexibility index (Phi) is 4.05. The molecule has 3 rings (SSSR count). The number of carbonyl (C=O) groups is 1. The maximum atomic E-state index is 12.0. The molecule has 1 aliphatic carbocycles. The summed E-state index contributed by atoms with van der Waals surface area (Å²) in [6, 6.07) is 0. The summed E-state index contributed by atoms with van der Waals surface area (Å²) in [6.07, 6.45) is 6.36. The zero-order valence-corrected chi connectivity index (χ0v) is 12.1. The summed E-state index contributed by atoms with van der Waals surface area (Å²) in [4.78, 5) is 18.7. The molecule has 5 nitrogen and oxygen atoms in total. The molecule has 1 unspecified atom stereocenters. The van der Waals surface area contributed by atoms with Crippen LogP contribution in [0.25, 0.3) is 0 Å². The van der Waals surface area contributed by atoms with Gasteiger partial charge in [0.05, 0.1) is 0 Å². The van der Waals surface area contributed by atoms with Crippen molar-refractivity contribution in [2.45, 2.75) is 38.5 Å². The number of hydrogen-bond acceptors (Lipinski definition) is 4. The van der Waals surface area contributed by atoms with Gasteiger partial charge in [0.25, 0.3) is 5.91 Å². The van der Waals surface area contributed by atoms with E-state index in [0.29, 0.717) is 24.1 Å². The molecule has 1 saturated heterocycles. The van der Waals surface area contributed by atoms with Gasteiger partial charge in [-0.1, -0.05) is 6.92 Å². The van der Waals surface area contributed by atoms with Crippen LogP contribution in [0, 0.1) is 5.92 Å². The van der Waals surface area contributed by atoms with E-state index in [-0.39, 0.29) is 5.91 Å². The smallest absolute Gasteiger partial charge is 0.273 e. The lowest BCUT2D eigenvalue weighted by atomic mass is 10.1. The van der Waals surface area contributed by atoms with E-state index < -0.39 is 0 Å². The van der Waals surface area contributed by atoms with E-state index in [4.69, 9.17) is 4.42 Å². The van der Waals surface area contributed by atoms with Gasteiger partial charge in [0, 0.05) is 19.0 Å². The number of nitrogens with one attached hydrogen (secondary N) is 1. The van der Waals surface area contributed by atoms with Crippen LogP contribution < -0.4 is 5.32 Å². The summed E-state index contributed by atoms with van der Waals surface area (Å²) >= 11 is 0. The average Bonchev–Trinajstić information content (AvgIpc) is 2.96. The summed E-state index contributed by atoms with van der Waals surface area (Å²) in [5, 5.41) is 2.96. The molecule has 2 aliphatic rings. The largest absolute Gasteiger partial charge is 0.448 e. The fraction of sp³-hybridized carbons (Fsp3) is 0.733. The Morgan fingerprint density at radius 2 is 2.25 bits per heavy atom. The van der Waals surface area contributed by atoms with Crippen molar-refractivity contribution in [2.24, 2.45) is 5.92 Å². The zero-order chi connectivity index (χ0) is 13.9. The molecule has 2 fully saturated rings. The Morgan fingerprint density at radius 1 is 1.50 bits per heavy atom. The second-order valence-corrected chi connectivity index (χ2v) is 6.17. The predicted molar refractivity (Wildman–Crippen MR) is 75.6 cm³/mol. The summed E-state index contributed by atoms with van der Waals surface area (Å²) in [5.74, 6) is 1.52. The first-order valence-corrected chi connectivity index (χ1v) is 7.68. The van der Waals surface area contributed by atoms with Gasteiger partial charge in [0.2, 0.25) is 0 Å². The first kappa shape index (κ1) is 13.6. The molecule has 0 radical (unpaired) electrons. The van der Waals surface area contributed by atoms with Crippen molar-refractivity contribution in [2.75, 3.05) is 26.2 Å². The fourth-order valence-corrected chi connectivity index (χ4v) is 2.74. The highest BCUT2D eigenvalue weighted by molar-refractivity contribution is 5.91. The van der Waals surface area contributed by atoms with Gasteiger partial charge >= 0.3 is 0 Å². The maximum Gasteiger partial charge on any atom is 0.273 e. The van der Waals surface area contributed by atoms with E-state index in [1.54, 1.807) is 0 Å². The van der Waals surface area contributed by atoms with Crippen LogP contribution in [0.4, 0.5) is 0 Å². The highest BCUT2D eigenvalue weighted by Crippen LogP contribution is 2.39. The lowest BCUT2D eigenvalue weighted by molar-refractivity contribution is 0.0940. The summed E-state index contributed by atoms with van der Waals surface area (Å²) < 4.78 is 5.34. The number of carbonyl (C=O) groups excluding carboxylic acids is 1. The molecule has 1 amide bonds. The molecule has 1 aromatic heterocycles. The van der Waals surface area contributed by atoms with Gasteiger partial charge in [-0.15, -0.1) is 0 Å². The number of rotatable bonds is 6. The molecule has 110 valence electrons. The molecule has 0 bridgehead atoms. The monoisotopic (exact) mass is 277 g/mol.